The van der Waals surface area contributed by atoms with Crippen LogP contribution in [-0.4, -0.2) is 24.7 Å². The van der Waals surface area contributed by atoms with Gasteiger partial charge in [0.15, 0.2) is 0 Å². The Morgan fingerprint density at radius 2 is 2.18 bits per heavy atom. The van der Waals surface area contributed by atoms with Crippen molar-refractivity contribution in [3.05, 3.63) is 23.5 Å². The topological polar surface area (TPSA) is 34.1 Å². The first-order chi connectivity index (χ1) is 8.34. The molecule has 4 heteroatoms. The van der Waals surface area contributed by atoms with Gasteiger partial charge in [-0.2, -0.15) is 0 Å². The van der Waals surface area contributed by atoms with Crippen molar-refractivity contribution >= 4 is 11.6 Å². The van der Waals surface area contributed by atoms with Crippen LogP contribution < -0.4 is 10.1 Å². The summed E-state index contributed by atoms with van der Waals surface area (Å²) in [6.07, 6.45) is 6.67. The number of nitrogens with one attached hydrogen (secondary N) is 1. The van der Waals surface area contributed by atoms with Gasteiger partial charge in [-0.05, 0) is 56.8 Å². The van der Waals surface area contributed by atoms with Crippen molar-refractivity contribution < 1.29 is 4.74 Å². The molecule has 1 fully saturated rings. The number of hydrogen-bond acceptors (Lipinski definition) is 3. The van der Waals surface area contributed by atoms with Gasteiger partial charge in [0.1, 0.15) is 10.9 Å². The van der Waals surface area contributed by atoms with Gasteiger partial charge in [0.2, 0.25) is 0 Å². The molecule has 17 heavy (non-hydrogen) atoms. The average molecular weight is 255 g/mol. The molecular weight excluding hydrogens is 236 g/mol. The van der Waals surface area contributed by atoms with E-state index in [2.05, 4.69) is 10.3 Å². The Morgan fingerprint density at radius 1 is 1.35 bits per heavy atom. The molecule has 3 nitrogen and oxygen atoms in total. The van der Waals surface area contributed by atoms with Crippen LogP contribution in [0.4, 0.5) is 0 Å². The van der Waals surface area contributed by atoms with Gasteiger partial charge >= 0.3 is 0 Å². The van der Waals surface area contributed by atoms with Crippen LogP contribution >= 0.6 is 11.6 Å². The summed E-state index contributed by atoms with van der Waals surface area (Å²) in [7, 11) is 0. The van der Waals surface area contributed by atoms with Crippen LogP contribution in [0.3, 0.4) is 0 Å². The second-order valence-electron chi connectivity index (χ2n) is 4.50. The average Bonchev–Trinajstić information content (AvgIpc) is 2.38. The highest BCUT2D eigenvalue weighted by Crippen LogP contribution is 2.18. The highest BCUT2D eigenvalue weighted by Gasteiger charge is 2.12. The van der Waals surface area contributed by atoms with Crippen LogP contribution in [0.15, 0.2) is 18.3 Å². The van der Waals surface area contributed by atoms with E-state index in [1.165, 1.54) is 32.4 Å². The highest BCUT2D eigenvalue weighted by atomic mass is 35.5. The molecule has 0 aliphatic carbocycles. The van der Waals surface area contributed by atoms with E-state index in [9.17, 15) is 0 Å². The predicted octanol–water partition coefficient (Wildman–Crippen LogP) is 2.89. The Morgan fingerprint density at radius 3 is 2.88 bits per heavy atom. The fourth-order valence-electron chi connectivity index (χ4n) is 2.18. The van der Waals surface area contributed by atoms with Gasteiger partial charge < -0.3 is 10.1 Å². The molecule has 0 aromatic carbocycles. The molecule has 0 unspecified atom stereocenters. The Bertz CT molecular complexity index is 323. The Kier molecular flexibility index (Phi) is 5.08. The molecule has 1 saturated heterocycles. The van der Waals surface area contributed by atoms with Gasteiger partial charge in [0, 0.05) is 0 Å². The van der Waals surface area contributed by atoms with E-state index in [1.807, 2.05) is 6.07 Å². The number of pyridine rings is 1. The standard InChI is InChI=1S/C13H19ClN2O/c14-13-4-3-12(10-16-13)17-9-1-2-11-5-7-15-8-6-11/h3-4,10-11,15H,1-2,5-9H2. The molecule has 0 radical (unpaired) electrons. The molecule has 0 amide bonds. The lowest BCUT2D eigenvalue weighted by Gasteiger charge is -2.22. The molecule has 1 aromatic heterocycles. The number of ether oxygens (including phenoxy) is 1. The number of hydrogen-bond donors (Lipinski definition) is 1. The van der Waals surface area contributed by atoms with Crippen molar-refractivity contribution in [3.8, 4) is 5.75 Å². The summed E-state index contributed by atoms with van der Waals surface area (Å²) in [4.78, 5) is 3.98. The van der Waals surface area contributed by atoms with Gasteiger partial charge in [-0.1, -0.05) is 11.6 Å². The number of nitrogens with zero attached hydrogens (tertiary/aromatic N) is 1. The van der Waals surface area contributed by atoms with Gasteiger partial charge in [-0.3, -0.25) is 0 Å². The Hall–Kier alpha value is -0.800. The number of piperidine rings is 1. The first-order valence-electron chi connectivity index (χ1n) is 6.29. The zero-order valence-corrected chi connectivity index (χ0v) is 10.7. The summed E-state index contributed by atoms with van der Waals surface area (Å²) in [5.41, 5.74) is 0. The molecule has 94 valence electrons. The fourth-order valence-corrected chi connectivity index (χ4v) is 2.29. The van der Waals surface area contributed by atoms with Crippen molar-refractivity contribution in [1.29, 1.82) is 0 Å². The van der Waals surface area contributed by atoms with Crippen LogP contribution in [0.1, 0.15) is 25.7 Å². The van der Waals surface area contributed by atoms with Gasteiger partial charge in [0.05, 0.1) is 12.8 Å². The van der Waals surface area contributed by atoms with Crippen molar-refractivity contribution in [1.82, 2.24) is 10.3 Å². The first-order valence-corrected chi connectivity index (χ1v) is 6.67. The van der Waals surface area contributed by atoms with Crippen LogP contribution in [0.5, 0.6) is 5.75 Å². The minimum atomic E-state index is 0.507. The molecule has 1 aliphatic rings. The van der Waals surface area contributed by atoms with Gasteiger partial charge in [0.25, 0.3) is 0 Å². The smallest absolute Gasteiger partial charge is 0.137 e. The summed E-state index contributed by atoms with van der Waals surface area (Å²) in [6.45, 7) is 3.12. The molecular formula is C13H19ClN2O. The van der Waals surface area contributed by atoms with Crippen LogP contribution in [0, 0.1) is 5.92 Å². The van der Waals surface area contributed by atoms with Crippen LogP contribution in [-0.2, 0) is 0 Å². The maximum atomic E-state index is 5.70. The number of rotatable bonds is 5. The molecule has 0 bridgehead atoms. The van der Waals surface area contributed by atoms with E-state index in [-0.39, 0.29) is 0 Å². The maximum absolute atomic E-state index is 5.70. The minimum Gasteiger partial charge on any atom is -0.492 e. The molecule has 1 N–H and O–H groups in total. The summed E-state index contributed by atoms with van der Waals surface area (Å²) < 4.78 is 5.62. The Balaban J connectivity index is 1.60. The van der Waals surface area contributed by atoms with E-state index in [0.717, 1.165) is 24.7 Å². The van der Waals surface area contributed by atoms with E-state index in [0.29, 0.717) is 5.15 Å². The third kappa shape index (κ3) is 4.52. The van der Waals surface area contributed by atoms with Crippen molar-refractivity contribution in [3.63, 3.8) is 0 Å². The van der Waals surface area contributed by atoms with E-state index in [1.54, 1.807) is 12.3 Å². The van der Waals surface area contributed by atoms with Crippen LogP contribution in [0.25, 0.3) is 0 Å². The summed E-state index contributed by atoms with van der Waals surface area (Å²) in [5.74, 6) is 1.68. The second-order valence-corrected chi connectivity index (χ2v) is 4.89. The molecule has 0 saturated carbocycles. The maximum Gasteiger partial charge on any atom is 0.137 e. The van der Waals surface area contributed by atoms with Crippen molar-refractivity contribution in [2.45, 2.75) is 25.7 Å². The second kappa shape index (κ2) is 6.82. The van der Waals surface area contributed by atoms with E-state index >= 15 is 0 Å². The van der Waals surface area contributed by atoms with Crippen LogP contribution in [0.2, 0.25) is 5.15 Å². The molecule has 1 aliphatic heterocycles. The zero-order chi connectivity index (χ0) is 11.9. The van der Waals surface area contributed by atoms with E-state index in [4.69, 9.17) is 16.3 Å². The molecule has 2 heterocycles. The van der Waals surface area contributed by atoms with Gasteiger partial charge in [-0.25, -0.2) is 4.98 Å². The predicted molar refractivity (Wildman–Crippen MR) is 69.6 cm³/mol. The molecule has 0 atom stereocenters. The monoisotopic (exact) mass is 254 g/mol. The number of aromatic nitrogens is 1. The van der Waals surface area contributed by atoms with Gasteiger partial charge in [-0.15, -0.1) is 0 Å². The largest absolute Gasteiger partial charge is 0.492 e. The molecule has 2 rings (SSSR count). The lowest BCUT2D eigenvalue weighted by atomic mass is 9.93. The highest BCUT2D eigenvalue weighted by molar-refractivity contribution is 6.29. The SMILES string of the molecule is Clc1ccc(OCCCC2CCNCC2)cn1. The number of halogens is 1. The fraction of sp³-hybridized carbons (Fsp3) is 0.615. The third-order valence-electron chi connectivity index (χ3n) is 3.18. The third-order valence-corrected chi connectivity index (χ3v) is 3.41. The zero-order valence-electron chi connectivity index (χ0n) is 9.99. The quantitative estimate of drug-likeness (QED) is 0.648. The summed E-state index contributed by atoms with van der Waals surface area (Å²) >= 11 is 5.70. The van der Waals surface area contributed by atoms with E-state index < -0.39 is 0 Å². The lowest BCUT2D eigenvalue weighted by Crippen LogP contribution is -2.27. The summed E-state index contributed by atoms with van der Waals surface area (Å²) in [5, 5.41) is 3.89. The summed E-state index contributed by atoms with van der Waals surface area (Å²) in [6, 6.07) is 3.61. The minimum absolute atomic E-state index is 0.507. The van der Waals surface area contributed by atoms with Crippen molar-refractivity contribution in [2.75, 3.05) is 19.7 Å². The van der Waals surface area contributed by atoms with Crippen molar-refractivity contribution in [2.24, 2.45) is 5.92 Å². The lowest BCUT2D eigenvalue weighted by molar-refractivity contribution is 0.273. The first kappa shape index (κ1) is 12.7. The normalized spacial score (nSPS) is 17.0. The molecule has 1 aromatic rings. The molecule has 0 spiro atoms. The Labute approximate surface area is 108 Å².